The number of aromatic nitrogens is 2. The molecule has 0 unspecified atom stereocenters. The highest BCUT2D eigenvalue weighted by atomic mass is 79.9. The predicted octanol–water partition coefficient (Wildman–Crippen LogP) is 5.00. The lowest BCUT2D eigenvalue weighted by atomic mass is 9.83. The van der Waals surface area contributed by atoms with Crippen molar-refractivity contribution >= 4 is 28.1 Å². The number of halogens is 1. The summed E-state index contributed by atoms with van der Waals surface area (Å²) in [6.07, 6.45) is 5.64. The molecule has 2 rings (SSSR count). The molecule has 0 spiro atoms. The number of hydrogen-bond donors (Lipinski definition) is 1. The van der Waals surface area contributed by atoms with Crippen molar-refractivity contribution in [3.8, 4) is 0 Å². The van der Waals surface area contributed by atoms with E-state index in [0.717, 1.165) is 28.8 Å². The van der Waals surface area contributed by atoms with E-state index in [4.69, 9.17) is 17.0 Å². The van der Waals surface area contributed by atoms with Gasteiger partial charge in [-0.2, -0.15) is 0 Å². The van der Waals surface area contributed by atoms with Crippen molar-refractivity contribution in [1.29, 1.82) is 0 Å². The van der Waals surface area contributed by atoms with Crippen LogP contribution in [0.3, 0.4) is 0 Å². The molecule has 0 saturated heterocycles. The zero-order valence-corrected chi connectivity index (χ0v) is 15.1. The van der Waals surface area contributed by atoms with Crippen molar-refractivity contribution in [2.45, 2.75) is 63.9 Å². The number of aromatic amines is 1. The van der Waals surface area contributed by atoms with Crippen LogP contribution in [0.15, 0.2) is 4.47 Å². The molecule has 0 bridgehead atoms. The number of hydrogen-bond acceptors (Lipinski definition) is 3. The summed E-state index contributed by atoms with van der Waals surface area (Å²) in [5.74, 6) is 0.887. The molecule has 0 amide bonds. The second-order valence-electron chi connectivity index (χ2n) is 6.59. The Labute approximate surface area is 134 Å². The summed E-state index contributed by atoms with van der Waals surface area (Å²) in [6.45, 7) is 6.51. The minimum absolute atomic E-state index is 0.0202. The van der Waals surface area contributed by atoms with Gasteiger partial charge in [-0.3, -0.25) is 0 Å². The Morgan fingerprint density at radius 1 is 1.25 bits per heavy atom. The smallest absolute Gasteiger partial charge is 0.144 e. The van der Waals surface area contributed by atoms with Crippen LogP contribution < -0.4 is 0 Å². The monoisotopic (exact) mass is 358 g/mol. The van der Waals surface area contributed by atoms with Crippen LogP contribution in [0.5, 0.6) is 0 Å². The second-order valence-corrected chi connectivity index (χ2v) is 7.77. The van der Waals surface area contributed by atoms with Crippen LogP contribution >= 0.6 is 28.1 Å². The average molecular weight is 359 g/mol. The van der Waals surface area contributed by atoms with Crippen LogP contribution in [0.4, 0.5) is 0 Å². The second kappa shape index (κ2) is 5.85. The van der Waals surface area contributed by atoms with Crippen LogP contribution in [0.2, 0.25) is 0 Å². The first-order valence-electron chi connectivity index (χ1n) is 7.16. The summed E-state index contributed by atoms with van der Waals surface area (Å²) in [7, 11) is 1.78. The Morgan fingerprint density at radius 2 is 1.85 bits per heavy atom. The molecule has 0 aliphatic heterocycles. The van der Waals surface area contributed by atoms with E-state index in [1.54, 1.807) is 7.11 Å². The molecule has 0 atom stereocenters. The molecule has 0 aromatic carbocycles. The zero-order chi connectivity index (χ0) is 15.0. The first-order chi connectivity index (χ1) is 9.30. The van der Waals surface area contributed by atoms with Gasteiger partial charge in [-0.1, -0.05) is 52.3 Å². The zero-order valence-electron chi connectivity index (χ0n) is 12.7. The third-order valence-corrected chi connectivity index (χ3v) is 5.43. The maximum absolute atomic E-state index is 5.87. The van der Waals surface area contributed by atoms with Crippen LogP contribution in [0.1, 0.15) is 64.4 Å². The molecule has 5 heteroatoms. The van der Waals surface area contributed by atoms with E-state index in [9.17, 15) is 0 Å². The molecule has 1 N–H and O–H groups in total. The Kier molecular flexibility index (Phi) is 4.72. The average Bonchev–Trinajstić information content (AvgIpc) is 2.41. The summed E-state index contributed by atoms with van der Waals surface area (Å²) in [5, 5.41) is 0. The molecule has 20 heavy (non-hydrogen) atoms. The fraction of sp³-hybridized carbons (Fsp3) is 0.733. The number of H-pyrrole nitrogens is 1. The molecule has 112 valence electrons. The standard InChI is InChI=1S/C15H23BrN2OS/c1-14(2,3)11-10(16)12(20)18-13(17-11)15(19-4)8-6-5-7-9-15/h5-9H2,1-4H3,(H,17,18,20). The third kappa shape index (κ3) is 3.00. The van der Waals surface area contributed by atoms with Gasteiger partial charge in [0.1, 0.15) is 16.1 Å². The van der Waals surface area contributed by atoms with E-state index in [-0.39, 0.29) is 11.0 Å². The topological polar surface area (TPSA) is 37.9 Å². The van der Waals surface area contributed by atoms with Gasteiger partial charge >= 0.3 is 0 Å². The molecule has 1 fully saturated rings. The van der Waals surface area contributed by atoms with E-state index in [1.165, 1.54) is 19.3 Å². The molecule has 1 aromatic heterocycles. The number of rotatable bonds is 2. The number of ether oxygens (including phenoxy) is 1. The van der Waals surface area contributed by atoms with E-state index in [2.05, 4.69) is 46.7 Å². The summed E-state index contributed by atoms with van der Waals surface area (Å²) in [4.78, 5) is 8.11. The van der Waals surface area contributed by atoms with Gasteiger partial charge < -0.3 is 9.72 Å². The molecular formula is C15H23BrN2OS. The molecule has 1 aliphatic carbocycles. The lowest BCUT2D eigenvalue weighted by molar-refractivity contribution is -0.0518. The van der Waals surface area contributed by atoms with E-state index in [1.807, 2.05) is 0 Å². The molecule has 1 aromatic rings. The Morgan fingerprint density at radius 3 is 2.35 bits per heavy atom. The molecule has 1 aliphatic rings. The van der Waals surface area contributed by atoms with Gasteiger partial charge in [0, 0.05) is 18.2 Å². The molecule has 1 saturated carbocycles. The molecular weight excluding hydrogens is 336 g/mol. The van der Waals surface area contributed by atoms with Gasteiger partial charge in [-0.25, -0.2) is 4.98 Å². The Bertz CT molecular complexity index is 542. The van der Waals surface area contributed by atoms with Crippen molar-refractivity contribution < 1.29 is 4.74 Å². The summed E-state index contributed by atoms with van der Waals surface area (Å²) < 4.78 is 7.38. The van der Waals surface area contributed by atoms with Crippen LogP contribution in [0, 0.1) is 4.64 Å². The van der Waals surface area contributed by atoms with Crippen molar-refractivity contribution in [3.05, 3.63) is 20.6 Å². The number of nitrogens with one attached hydrogen (secondary N) is 1. The van der Waals surface area contributed by atoms with Gasteiger partial charge in [0.25, 0.3) is 0 Å². The highest BCUT2D eigenvalue weighted by Crippen LogP contribution is 2.40. The lowest BCUT2D eigenvalue weighted by Crippen LogP contribution is -2.34. The quantitative estimate of drug-likeness (QED) is 0.755. The van der Waals surface area contributed by atoms with E-state index < -0.39 is 0 Å². The first kappa shape index (κ1) is 16.1. The summed E-state index contributed by atoms with van der Waals surface area (Å²) in [5.41, 5.74) is 0.773. The van der Waals surface area contributed by atoms with Crippen LogP contribution in [-0.2, 0) is 15.8 Å². The number of methoxy groups -OCH3 is 1. The highest BCUT2D eigenvalue weighted by molar-refractivity contribution is 9.10. The largest absolute Gasteiger partial charge is 0.370 e. The minimum Gasteiger partial charge on any atom is -0.370 e. The van der Waals surface area contributed by atoms with Crippen molar-refractivity contribution in [1.82, 2.24) is 9.97 Å². The molecule has 0 radical (unpaired) electrons. The van der Waals surface area contributed by atoms with Crippen molar-refractivity contribution in [3.63, 3.8) is 0 Å². The SMILES string of the molecule is COC1(c2nc(=S)c(Br)c(C(C)(C)C)[nH]2)CCCCC1. The van der Waals surface area contributed by atoms with Crippen molar-refractivity contribution in [2.75, 3.05) is 7.11 Å². The van der Waals surface area contributed by atoms with Gasteiger partial charge in [-0.05, 0) is 28.8 Å². The maximum atomic E-state index is 5.87. The fourth-order valence-corrected chi connectivity index (χ4v) is 3.83. The fourth-order valence-electron chi connectivity index (χ4n) is 2.85. The Balaban J connectivity index is 2.57. The van der Waals surface area contributed by atoms with Crippen molar-refractivity contribution in [2.24, 2.45) is 0 Å². The lowest BCUT2D eigenvalue weighted by Gasteiger charge is -2.36. The highest BCUT2D eigenvalue weighted by Gasteiger charge is 2.37. The van der Waals surface area contributed by atoms with E-state index >= 15 is 0 Å². The summed E-state index contributed by atoms with van der Waals surface area (Å²) >= 11 is 9.01. The predicted molar refractivity (Wildman–Crippen MR) is 87.6 cm³/mol. The summed E-state index contributed by atoms with van der Waals surface area (Å²) in [6, 6.07) is 0. The molecule has 3 nitrogen and oxygen atoms in total. The Hall–Kier alpha value is -0.260. The first-order valence-corrected chi connectivity index (χ1v) is 8.36. The number of nitrogens with zero attached hydrogens (tertiary/aromatic N) is 1. The van der Waals surface area contributed by atoms with Gasteiger partial charge in [0.2, 0.25) is 0 Å². The van der Waals surface area contributed by atoms with Gasteiger partial charge in [0.15, 0.2) is 0 Å². The minimum atomic E-state index is -0.299. The van der Waals surface area contributed by atoms with Gasteiger partial charge in [0.05, 0.1) is 4.47 Å². The molecule has 1 heterocycles. The third-order valence-electron chi connectivity index (χ3n) is 4.10. The van der Waals surface area contributed by atoms with Gasteiger partial charge in [-0.15, -0.1) is 0 Å². The van der Waals surface area contributed by atoms with Crippen LogP contribution in [0.25, 0.3) is 0 Å². The van der Waals surface area contributed by atoms with E-state index in [0.29, 0.717) is 4.64 Å². The normalized spacial score (nSPS) is 19.1. The maximum Gasteiger partial charge on any atom is 0.144 e. The van der Waals surface area contributed by atoms with Crippen LogP contribution in [-0.4, -0.2) is 17.1 Å².